The first-order valence-electron chi connectivity index (χ1n) is 7.26. The molecule has 112 valence electrons. The standard InChI is InChI=1S/C15H24N2O2S/c1-3-20(18,19)10-4-8-17-9-7-14-11-13(12(2)16)5-6-15(14)17/h5-6,11-12H,3-4,7-10,16H2,1-2H3. The van der Waals surface area contributed by atoms with Crippen LogP contribution in [0.3, 0.4) is 0 Å². The van der Waals surface area contributed by atoms with E-state index < -0.39 is 9.84 Å². The van der Waals surface area contributed by atoms with E-state index >= 15 is 0 Å². The van der Waals surface area contributed by atoms with Gasteiger partial charge >= 0.3 is 0 Å². The maximum absolute atomic E-state index is 11.5. The molecule has 0 bridgehead atoms. The summed E-state index contributed by atoms with van der Waals surface area (Å²) in [5.74, 6) is 0.522. The summed E-state index contributed by atoms with van der Waals surface area (Å²) in [6, 6.07) is 6.44. The highest BCUT2D eigenvalue weighted by molar-refractivity contribution is 7.91. The van der Waals surface area contributed by atoms with Crippen molar-refractivity contribution < 1.29 is 8.42 Å². The molecule has 0 saturated heterocycles. The van der Waals surface area contributed by atoms with E-state index in [0.29, 0.717) is 6.42 Å². The van der Waals surface area contributed by atoms with Gasteiger partial charge in [-0.1, -0.05) is 19.1 Å². The number of anilines is 1. The fourth-order valence-corrected chi connectivity index (χ4v) is 3.48. The minimum atomic E-state index is -2.85. The van der Waals surface area contributed by atoms with Crippen LogP contribution in [0.4, 0.5) is 5.69 Å². The Kier molecular flexibility index (Phi) is 4.70. The van der Waals surface area contributed by atoms with Gasteiger partial charge in [-0.2, -0.15) is 0 Å². The molecule has 20 heavy (non-hydrogen) atoms. The van der Waals surface area contributed by atoms with Gasteiger partial charge in [-0.25, -0.2) is 8.42 Å². The van der Waals surface area contributed by atoms with Gasteiger partial charge in [0.1, 0.15) is 9.84 Å². The van der Waals surface area contributed by atoms with Crippen molar-refractivity contribution in [2.45, 2.75) is 32.7 Å². The SMILES string of the molecule is CCS(=O)(=O)CCCN1CCc2cc(C(C)N)ccc21. The number of rotatable bonds is 6. The van der Waals surface area contributed by atoms with E-state index in [-0.39, 0.29) is 17.5 Å². The Morgan fingerprint density at radius 2 is 2.15 bits per heavy atom. The van der Waals surface area contributed by atoms with Crippen molar-refractivity contribution in [3.8, 4) is 0 Å². The number of nitrogens with two attached hydrogens (primary N) is 1. The highest BCUT2D eigenvalue weighted by Gasteiger charge is 2.20. The van der Waals surface area contributed by atoms with E-state index in [9.17, 15) is 8.42 Å². The van der Waals surface area contributed by atoms with Gasteiger partial charge in [0.05, 0.1) is 5.75 Å². The van der Waals surface area contributed by atoms with Crippen LogP contribution in [0.5, 0.6) is 0 Å². The number of sulfone groups is 1. The first-order valence-corrected chi connectivity index (χ1v) is 9.09. The summed E-state index contributed by atoms with van der Waals surface area (Å²) >= 11 is 0. The number of hydrogen-bond donors (Lipinski definition) is 1. The molecule has 0 saturated carbocycles. The highest BCUT2D eigenvalue weighted by atomic mass is 32.2. The second-order valence-electron chi connectivity index (χ2n) is 5.50. The zero-order chi connectivity index (χ0) is 14.8. The molecule has 0 aliphatic carbocycles. The van der Waals surface area contributed by atoms with Crippen LogP contribution in [-0.4, -0.2) is 33.0 Å². The van der Waals surface area contributed by atoms with E-state index in [4.69, 9.17) is 5.73 Å². The molecule has 0 spiro atoms. The van der Waals surface area contributed by atoms with Crippen molar-refractivity contribution in [3.63, 3.8) is 0 Å². The number of benzene rings is 1. The molecule has 2 N–H and O–H groups in total. The van der Waals surface area contributed by atoms with Crippen LogP contribution in [0.1, 0.15) is 37.4 Å². The molecule has 1 aliphatic rings. The molecule has 0 radical (unpaired) electrons. The molecule has 1 atom stereocenters. The zero-order valence-electron chi connectivity index (χ0n) is 12.3. The van der Waals surface area contributed by atoms with Crippen LogP contribution >= 0.6 is 0 Å². The van der Waals surface area contributed by atoms with E-state index in [1.54, 1.807) is 6.92 Å². The Morgan fingerprint density at radius 3 is 2.80 bits per heavy atom. The minimum absolute atomic E-state index is 0.0593. The molecular weight excluding hydrogens is 272 g/mol. The summed E-state index contributed by atoms with van der Waals surface area (Å²) < 4.78 is 23.0. The predicted molar refractivity (Wildman–Crippen MR) is 83.9 cm³/mol. The van der Waals surface area contributed by atoms with Crippen LogP contribution in [0.15, 0.2) is 18.2 Å². The molecule has 0 amide bonds. The largest absolute Gasteiger partial charge is 0.371 e. The smallest absolute Gasteiger partial charge is 0.150 e. The summed E-state index contributed by atoms with van der Waals surface area (Å²) in [6.45, 7) is 5.48. The van der Waals surface area contributed by atoms with Crippen LogP contribution < -0.4 is 10.6 Å². The first kappa shape index (κ1) is 15.3. The van der Waals surface area contributed by atoms with E-state index in [0.717, 1.165) is 19.5 Å². The third-order valence-corrected chi connectivity index (χ3v) is 5.73. The van der Waals surface area contributed by atoms with Crippen LogP contribution in [0.2, 0.25) is 0 Å². The maximum Gasteiger partial charge on any atom is 0.150 e. The van der Waals surface area contributed by atoms with Gasteiger partial charge in [0.2, 0.25) is 0 Å². The van der Waals surface area contributed by atoms with Gasteiger partial charge in [0.25, 0.3) is 0 Å². The van der Waals surface area contributed by atoms with Gasteiger partial charge in [0, 0.05) is 30.6 Å². The van der Waals surface area contributed by atoms with Crippen LogP contribution in [0.25, 0.3) is 0 Å². The molecule has 1 aliphatic heterocycles. The number of fused-ring (bicyclic) bond motifs is 1. The molecule has 1 heterocycles. The quantitative estimate of drug-likeness (QED) is 0.871. The average molecular weight is 296 g/mol. The third kappa shape index (κ3) is 3.52. The van der Waals surface area contributed by atoms with Crippen molar-refractivity contribution in [1.82, 2.24) is 0 Å². The van der Waals surface area contributed by atoms with E-state index in [1.165, 1.54) is 16.8 Å². The maximum atomic E-state index is 11.5. The molecule has 1 unspecified atom stereocenters. The lowest BCUT2D eigenvalue weighted by atomic mass is 10.0. The molecule has 4 nitrogen and oxygen atoms in total. The molecular formula is C15H24N2O2S. The lowest BCUT2D eigenvalue weighted by Crippen LogP contribution is -2.24. The minimum Gasteiger partial charge on any atom is -0.371 e. The normalized spacial score (nSPS) is 16.2. The van der Waals surface area contributed by atoms with Crippen molar-refractivity contribution in [3.05, 3.63) is 29.3 Å². The predicted octanol–water partition coefficient (Wildman–Crippen LogP) is 1.89. The zero-order valence-corrected chi connectivity index (χ0v) is 13.1. The Labute approximate surface area is 121 Å². The summed E-state index contributed by atoms with van der Waals surface area (Å²) in [5, 5.41) is 0. The van der Waals surface area contributed by atoms with Crippen molar-refractivity contribution in [2.24, 2.45) is 5.73 Å². The molecule has 2 rings (SSSR count). The second-order valence-corrected chi connectivity index (χ2v) is 7.98. The average Bonchev–Trinajstić information content (AvgIpc) is 2.81. The Morgan fingerprint density at radius 1 is 1.40 bits per heavy atom. The number of hydrogen-bond acceptors (Lipinski definition) is 4. The summed E-state index contributed by atoms with van der Waals surface area (Å²) in [5.41, 5.74) is 9.64. The monoisotopic (exact) mass is 296 g/mol. The van der Waals surface area contributed by atoms with Gasteiger partial charge in [-0.05, 0) is 37.0 Å². The van der Waals surface area contributed by atoms with Gasteiger partial charge in [-0.15, -0.1) is 0 Å². The topological polar surface area (TPSA) is 63.4 Å². The summed E-state index contributed by atoms with van der Waals surface area (Å²) in [4.78, 5) is 2.28. The Bertz CT molecular complexity index is 567. The lowest BCUT2D eigenvalue weighted by molar-refractivity contribution is 0.594. The van der Waals surface area contributed by atoms with E-state index in [1.807, 2.05) is 6.92 Å². The fraction of sp³-hybridized carbons (Fsp3) is 0.600. The summed E-state index contributed by atoms with van der Waals surface area (Å²) in [6.07, 6.45) is 1.72. The van der Waals surface area contributed by atoms with Crippen molar-refractivity contribution in [1.29, 1.82) is 0 Å². The van der Waals surface area contributed by atoms with Gasteiger partial charge < -0.3 is 10.6 Å². The van der Waals surface area contributed by atoms with Crippen LogP contribution in [-0.2, 0) is 16.3 Å². The fourth-order valence-electron chi connectivity index (χ4n) is 2.63. The van der Waals surface area contributed by atoms with Crippen molar-refractivity contribution >= 4 is 15.5 Å². The van der Waals surface area contributed by atoms with Gasteiger partial charge in [0.15, 0.2) is 0 Å². The number of nitrogens with zero attached hydrogens (tertiary/aromatic N) is 1. The lowest BCUT2D eigenvalue weighted by Gasteiger charge is -2.19. The molecule has 5 heteroatoms. The molecule has 0 aromatic heterocycles. The Balaban J connectivity index is 1.98. The second kappa shape index (κ2) is 6.14. The van der Waals surface area contributed by atoms with Crippen LogP contribution in [0, 0.1) is 0 Å². The summed E-state index contributed by atoms with van der Waals surface area (Å²) in [7, 11) is -2.85. The molecule has 0 fully saturated rings. The molecule has 1 aromatic rings. The van der Waals surface area contributed by atoms with Gasteiger partial charge in [-0.3, -0.25) is 0 Å². The highest BCUT2D eigenvalue weighted by Crippen LogP contribution is 2.30. The third-order valence-electron chi connectivity index (χ3n) is 3.94. The molecule has 1 aromatic carbocycles. The Hall–Kier alpha value is -1.07. The van der Waals surface area contributed by atoms with E-state index in [2.05, 4.69) is 23.1 Å². The van der Waals surface area contributed by atoms with Crippen molar-refractivity contribution in [2.75, 3.05) is 29.5 Å². The first-order chi connectivity index (χ1) is 9.43.